The zero-order chi connectivity index (χ0) is 18.0. The summed E-state index contributed by atoms with van der Waals surface area (Å²) in [5, 5.41) is 3.04. The summed E-state index contributed by atoms with van der Waals surface area (Å²) >= 11 is 0. The molecule has 0 bridgehead atoms. The van der Waals surface area contributed by atoms with Crippen LogP contribution in [0.3, 0.4) is 0 Å². The minimum absolute atomic E-state index is 0.369. The normalized spacial score (nSPS) is 16.8. The predicted octanol–water partition coefficient (Wildman–Crippen LogP) is 4.50. The van der Waals surface area contributed by atoms with Gasteiger partial charge < -0.3 is 5.32 Å². The largest absolute Gasteiger partial charge is 0.320 e. The molecule has 0 unspecified atom stereocenters. The minimum atomic E-state index is -3.61. The highest BCUT2D eigenvalue weighted by Gasteiger charge is 2.43. The molecule has 8 heteroatoms. The Hall–Kier alpha value is -1.87. The molecular weight excluding hydrogens is 348 g/mol. The van der Waals surface area contributed by atoms with Crippen molar-refractivity contribution in [2.45, 2.75) is 12.8 Å². The van der Waals surface area contributed by atoms with E-state index in [1.807, 2.05) is 7.05 Å². The molecule has 0 amide bonds. The lowest BCUT2D eigenvalue weighted by Crippen LogP contribution is -2.32. The molecule has 25 heavy (non-hydrogen) atoms. The maximum absolute atomic E-state index is 14.3. The quantitative estimate of drug-likeness (QED) is 0.655. The van der Waals surface area contributed by atoms with Gasteiger partial charge in [0.1, 0.15) is 5.69 Å². The van der Waals surface area contributed by atoms with Gasteiger partial charge in [0.15, 0.2) is 11.6 Å². The molecule has 0 aliphatic carbocycles. The van der Waals surface area contributed by atoms with Crippen LogP contribution in [0, 0.1) is 11.6 Å². The molecule has 1 aliphatic rings. The number of hydrogen-bond donors (Lipinski definition) is 3. The molecule has 1 aliphatic heterocycles. The predicted molar refractivity (Wildman–Crippen MR) is 98.3 cm³/mol. The minimum Gasteiger partial charge on any atom is -0.320 e. The van der Waals surface area contributed by atoms with E-state index in [1.165, 1.54) is 10.4 Å². The molecule has 1 heterocycles. The third kappa shape index (κ3) is 3.18. The van der Waals surface area contributed by atoms with Crippen LogP contribution in [0.25, 0.3) is 0 Å². The fourth-order valence-electron chi connectivity index (χ4n) is 2.94. The molecule has 0 saturated heterocycles. The summed E-state index contributed by atoms with van der Waals surface area (Å²) in [5.41, 5.74) is 0.474. The monoisotopic (exact) mass is 369 g/mol. The first-order valence-corrected chi connectivity index (χ1v) is 9.48. The second kappa shape index (κ2) is 7.17. The molecule has 0 saturated carbocycles. The van der Waals surface area contributed by atoms with Crippen LogP contribution in [0.5, 0.6) is 0 Å². The van der Waals surface area contributed by atoms with Crippen LogP contribution < -0.4 is 13.9 Å². The molecular formula is C17H21F2N3O2S. The van der Waals surface area contributed by atoms with Gasteiger partial charge in [0.25, 0.3) is 0 Å². The number of halogens is 2. The van der Waals surface area contributed by atoms with E-state index in [1.54, 1.807) is 24.3 Å². The molecule has 0 atom stereocenters. The Labute approximate surface area is 147 Å². The van der Waals surface area contributed by atoms with Crippen molar-refractivity contribution < 1.29 is 17.9 Å². The fourth-order valence-corrected chi connectivity index (χ4v) is 4.76. The first-order chi connectivity index (χ1) is 12.0. The zero-order valence-electron chi connectivity index (χ0n) is 13.8. The lowest BCUT2D eigenvalue weighted by atomic mass is 10.2. The van der Waals surface area contributed by atoms with Crippen molar-refractivity contribution in [2.24, 2.45) is 0 Å². The average Bonchev–Trinajstić information content (AvgIpc) is 2.79. The van der Waals surface area contributed by atoms with Gasteiger partial charge in [-0.1, -0.05) is 18.2 Å². The maximum atomic E-state index is 14.3. The van der Waals surface area contributed by atoms with Crippen molar-refractivity contribution in [3.8, 4) is 0 Å². The van der Waals surface area contributed by atoms with Crippen LogP contribution in [0.1, 0.15) is 12.8 Å². The number of nitrogens with zero attached hydrogens (tertiary/aromatic N) is 2. The zero-order valence-corrected chi connectivity index (χ0v) is 14.6. The number of rotatable bonds is 6. The second-order valence-electron chi connectivity index (χ2n) is 5.76. The molecule has 2 aromatic carbocycles. The highest BCUT2D eigenvalue weighted by molar-refractivity contribution is 8.27. The van der Waals surface area contributed by atoms with Crippen molar-refractivity contribution in [2.75, 3.05) is 28.7 Å². The Balaban J connectivity index is 2.02. The van der Waals surface area contributed by atoms with E-state index in [4.69, 9.17) is 0 Å². The highest BCUT2D eigenvalue weighted by Crippen LogP contribution is 2.64. The van der Waals surface area contributed by atoms with Crippen molar-refractivity contribution in [3.63, 3.8) is 0 Å². The summed E-state index contributed by atoms with van der Waals surface area (Å²) in [4.78, 5) is 0. The molecule has 0 radical (unpaired) electrons. The lowest BCUT2D eigenvalue weighted by Gasteiger charge is -2.43. The summed E-state index contributed by atoms with van der Waals surface area (Å²) in [7, 11) is -1.76. The Bertz CT molecular complexity index is 740. The third-order valence-corrected chi connectivity index (χ3v) is 5.93. The molecule has 0 fully saturated rings. The summed E-state index contributed by atoms with van der Waals surface area (Å²) in [5.74, 6) is -1.68. The Kier molecular flexibility index (Phi) is 5.14. The van der Waals surface area contributed by atoms with Crippen LogP contribution in [0.4, 0.5) is 25.8 Å². The van der Waals surface area contributed by atoms with Gasteiger partial charge in [0.05, 0.1) is 11.4 Å². The number of benzene rings is 2. The van der Waals surface area contributed by atoms with Gasteiger partial charge in [-0.25, -0.2) is 13.1 Å². The highest BCUT2D eigenvalue weighted by atomic mass is 32.3. The molecule has 5 nitrogen and oxygen atoms in total. The molecule has 136 valence electrons. The summed E-state index contributed by atoms with van der Waals surface area (Å²) < 4.78 is 52.7. The maximum Gasteiger partial charge on any atom is 0.151 e. The van der Waals surface area contributed by atoms with Crippen LogP contribution in [-0.2, 0) is 0 Å². The van der Waals surface area contributed by atoms with Crippen LogP contribution in [0.15, 0.2) is 42.5 Å². The third-order valence-electron chi connectivity index (χ3n) is 4.09. The smallest absolute Gasteiger partial charge is 0.151 e. The Morgan fingerprint density at radius 1 is 0.960 bits per heavy atom. The fraction of sp³-hybridized carbons (Fsp3) is 0.294. The molecule has 3 N–H and O–H groups in total. The molecule has 0 aromatic heterocycles. The summed E-state index contributed by atoms with van der Waals surface area (Å²) in [6, 6.07) is 10.3. The van der Waals surface area contributed by atoms with Crippen molar-refractivity contribution in [1.82, 2.24) is 5.32 Å². The molecule has 2 aromatic rings. The van der Waals surface area contributed by atoms with Crippen LogP contribution in [-0.4, -0.2) is 29.2 Å². The van der Waals surface area contributed by atoms with E-state index in [0.717, 1.165) is 29.4 Å². The van der Waals surface area contributed by atoms with E-state index in [2.05, 4.69) is 5.32 Å². The average molecular weight is 369 g/mol. The van der Waals surface area contributed by atoms with E-state index in [9.17, 15) is 17.9 Å². The van der Waals surface area contributed by atoms with Gasteiger partial charge in [0.2, 0.25) is 0 Å². The second-order valence-corrected chi connectivity index (χ2v) is 7.54. The number of fused-ring (bicyclic) bond motifs is 1. The van der Waals surface area contributed by atoms with E-state index in [0.29, 0.717) is 24.3 Å². The Morgan fingerprint density at radius 3 is 2.24 bits per heavy atom. The van der Waals surface area contributed by atoms with Gasteiger partial charge in [-0.3, -0.25) is 13.4 Å². The van der Waals surface area contributed by atoms with Gasteiger partial charge >= 0.3 is 0 Å². The number of para-hydroxylation sites is 3. The van der Waals surface area contributed by atoms with E-state index in [-0.39, 0.29) is 0 Å². The Morgan fingerprint density at radius 2 is 1.60 bits per heavy atom. The number of anilines is 3. The van der Waals surface area contributed by atoms with Crippen molar-refractivity contribution in [1.29, 1.82) is 0 Å². The first kappa shape index (κ1) is 17.9. The van der Waals surface area contributed by atoms with Gasteiger partial charge in [-0.2, -0.15) is 0 Å². The van der Waals surface area contributed by atoms with Gasteiger partial charge in [-0.15, -0.1) is 0 Å². The summed E-state index contributed by atoms with van der Waals surface area (Å²) in [6.07, 6.45) is 1.55. The van der Waals surface area contributed by atoms with E-state index < -0.39 is 28.3 Å². The molecule has 0 spiro atoms. The SMILES string of the molecule is CNCCCCN1c2ccccc2N(c2c(F)cccc2F)S1(O)O. The first-order valence-electron chi connectivity index (χ1n) is 8.02. The standard InChI is InChI=1S/C17H21F2N3O2S/c1-20-11-4-5-12-21-15-9-2-3-10-16(15)22(25(21,23)24)17-13(18)7-6-8-14(17)19/h2-3,6-10,20,23-24H,4-5,11-12H2,1H3. The van der Waals surface area contributed by atoms with Gasteiger partial charge in [-0.05, 0) is 61.7 Å². The molecule has 3 rings (SSSR count). The number of nitrogens with one attached hydrogen (secondary N) is 1. The number of hydrogen-bond acceptors (Lipinski definition) is 5. The van der Waals surface area contributed by atoms with Crippen LogP contribution in [0.2, 0.25) is 0 Å². The van der Waals surface area contributed by atoms with Crippen LogP contribution >= 0.6 is 11.0 Å². The van der Waals surface area contributed by atoms with Crippen molar-refractivity contribution >= 4 is 28.0 Å². The van der Waals surface area contributed by atoms with Gasteiger partial charge in [0, 0.05) is 6.54 Å². The lowest BCUT2D eigenvalue weighted by molar-refractivity contribution is 0.480. The number of unbranched alkanes of at least 4 members (excludes halogenated alkanes) is 1. The topological polar surface area (TPSA) is 59.0 Å². The van der Waals surface area contributed by atoms with Crippen molar-refractivity contribution in [3.05, 3.63) is 54.1 Å². The van der Waals surface area contributed by atoms with E-state index >= 15 is 0 Å². The summed E-state index contributed by atoms with van der Waals surface area (Å²) in [6.45, 7) is 1.17.